The smallest absolute Gasteiger partial charge is 0.121 e. The molecule has 0 radical (unpaired) electrons. The number of anilines is 1. The van der Waals surface area contributed by atoms with Gasteiger partial charge >= 0.3 is 0 Å². The molecule has 76 valence electrons. The first-order chi connectivity index (χ1) is 6.72. The number of rotatable bonds is 5. The Morgan fingerprint density at radius 1 is 1.57 bits per heavy atom. The van der Waals surface area contributed by atoms with Gasteiger partial charge in [0.05, 0.1) is 13.2 Å². The highest BCUT2D eigenvalue weighted by Crippen LogP contribution is 2.17. The van der Waals surface area contributed by atoms with E-state index >= 15 is 0 Å². The van der Waals surface area contributed by atoms with Gasteiger partial charge in [0, 0.05) is 16.8 Å². The molecule has 0 fully saturated rings. The van der Waals surface area contributed by atoms with Crippen LogP contribution in [0.15, 0.2) is 35.9 Å². The minimum Gasteiger partial charge on any atom is -0.494 e. The molecule has 0 saturated heterocycles. The first kappa shape index (κ1) is 10.9. The van der Waals surface area contributed by atoms with E-state index in [1.54, 1.807) is 0 Å². The number of halogens is 1. The van der Waals surface area contributed by atoms with Crippen molar-refractivity contribution in [1.82, 2.24) is 0 Å². The van der Waals surface area contributed by atoms with Crippen molar-refractivity contribution in [3.63, 3.8) is 0 Å². The second-order valence-electron chi connectivity index (χ2n) is 2.83. The predicted octanol–water partition coefficient (Wildman–Crippen LogP) is 3.25. The second-order valence-corrected chi connectivity index (χ2v) is 3.37. The van der Waals surface area contributed by atoms with E-state index in [9.17, 15) is 0 Å². The molecule has 14 heavy (non-hydrogen) atoms. The highest BCUT2D eigenvalue weighted by atomic mass is 35.5. The minimum absolute atomic E-state index is 0.567. The van der Waals surface area contributed by atoms with Crippen LogP contribution in [0, 0.1) is 0 Å². The Hall–Kier alpha value is -1.15. The molecule has 0 aliphatic carbocycles. The number of nitrogens with one attached hydrogen (secondary N) is 1. The maximum Gasteiger partial charge on any atom is 0.121 e. The van der Waals surface area contributed by atoms with Crippen LogP contribution in [0.25, 0.3) is 0 Å². The average Bonchev–Trinajstić information content (AvgIpc) is 2.16. The average molecular weight is 212 g/mol. The van der Waals surface area contributed by atoms with Gasteiger partial charge in [0.2, 0.25) is 0 Å². The van der Waals surface area contributed by atoms with E-state index in [0.29, 0.717) is 18.2 Å². The molecule has 1 aromatic rings. The van der Waals surface area contributed by atoms with Crippen molar-refractivity contribution in [2.45, 2.75) is 6.92 Å². The maximum absolute atomic E-state index is 5.64. The maximum atomic E-state index is 5.64. The van der Waals surface area contributed by atoms with E-state index in [4.69, 9.17) is 16.3 Å². The molecule has 0 aliphatic heterocycles. The molecular weight excluding hydrogens is 198 g/mol. The van der Waals surface area contributed by atoms with Crippen LogP contribution < -0.4 is 10.1 Å². The van der Waals surface area contributed by atoms with Crippen molar-refractivity contribution in [1.29, 1.82) is 0 Å². The lowest BCUT2D eigenvalue weighted by Gasteiger charge is -2.07. The fourth-order valence-corrected chi connectivity index (χ4v) is 1.13. The van der Waals surface area contributed by atoms with Gasteiger partial charge < -0.3 is 10.1 Å². The number of hydrogen-bond donors (Lipinski definition) is 1. The molecule has 1 rings (SSSR count). The van der Waals surface area contributed by atoms with Crippen LogP contribution >= 0.6 is 11.6 Å². The topological polar surface area (TPSA) is 21.3 Å². The Morgan fingerprint density at radius 2 is 2.36 bits per heavy atom. The van der Waals surface area contributed by atoms with Crippen molar-refractivity contribution >= 4 is 17.3 Å². The summed E-state index contributed by atoms with van der Waals surface area (Å²) in [7, 11) is 0. The third kappa shape index (κ3) is 3.71. The minimum atomic E-state index is 0.567. The number of hydrogen-bond acceptors (Lipinski definition) is 2. The van der Waals surface area contributed by atoms with Crippen LogP contribution in [-0.4, -0.2) is 13.2 Å². The van der Waals surface area contributed by atoms with E-state index in [2.05, 4.69) is 11.9 Å². The summed E-state index contributed by atoms with van der Waals surface area (Å²) < 4.78 is 5.36. The molecule has 3 heteroatoms. The molecule has 0 amide bonds. The van der Waals surface area contributed by atoms with Crippen molar-refractivity contribution in [2.24, 2.45) is 0 Å². The van der Waals surface area contributed by atoms with E-state index in [0.717, 1.165) is 11.4 Å². The fraction of sp³-hybridized carbons (Fsp3) is 0.273. The van der Waals surface area contributed by atoms with E-state index in [1.165, 1.54) is 0 Å². The summed E-state index contributed by atoms with van der Waals surface area (Å²) in [5.74, 6) is 0.859. The third-order valence-electron chi connectivity index (χ3n) is 1.63. The monoisotopic (exact) mass is 211 g/mol. The highest BCUT2D eigenvalue weighted by Gasteiger charge is 1.95. The summed E-state index contributed by atoms with van der Waals surface area (Å²) in [5.41, 5.74) is 0.984. The zero-order valence-corrected chi connectivity index (χ0v) is 8.97. The lowest BCUT2D eigenvalue weighted by Crippen LogP contribution is -2.01. The zero-order chi connectivity index (χ0) is 10.4. The molecule has 2 nitrogen and oxygen atoms in total. The van der Waals surface area contributed by atoms with Gasteiger partial charge in [-0.2, -0.15) is 0 Å². The summed E-state index contributed by atoms with van der Waals surface area (Å²) in [4.78, 5) is 0. The largest absolute Gasteiger partial charge is 0.494 e. The lowest BCUT2D eigenvalue weighted by molar-refractivity contribution is 0.340. The molecule has 1 aromatic carbocycles. The molecule has 0 saturated carbocycles. The summed E-state index contributed by atoms with van der Waals surface area (Å²) >= 11 is 5.64. The number of benzene rings is 1. The van der Waals surface area contributed by atoms with E-state index in [-0.39, 0.29) is 0 Å². The quantitative estimate of drug-likeness (QED) is 0.808. The number of ether oxygens (including phenoxy) is 1. The molecule has 0 aromatic heterocycles. The third-order valence-corrected chi connectivity index (χ3v) is 1.76. The van der Waals surface area contributed by atoms with Crippen LogP contribution in [0.3, 0.4) is 0 Å². The summed E-state index contributed by atoms with van der Waals surface area (Å²) in [6, 6.07) is 7.75. The van der Waals surface area contributed by atoms with E-state index in [1.807, 2.05) is 31.2 Å². The van der Waals surface area contributed by atoms with E-state index < -0.39 is 0 Å². The first-order valence-corrected chi connectivity index (χ1v) is 4.90. The lowest BCUT2D eigenvalue weighted by atomic mass is 10.3. The second kappa shape index (κ2) is 5.55. The highest BCUT2D eigenvalue weighted by molar-refractivity contribution is 6.29. The molecule has 0 aliphatic rings. The van der Waals surface area contributed by atoms with Gasteiger partial charge in [0.1, 0.15) is 5.75 Å². The molecular formula is C11H14ClNO. The Kier molecular flexibility index (Phi) is 4.33. The van der Waals surface area contributed by atoms with Crippen LogP contribution in [0.5, 0.6) is 5.75 Å². The van der Waals surface area contributed by atoms with Crippen molar-refractivity contribution in [3.8, 4) is 5.75 Å². The van der Waals surface area contributed by atoms with Crippen LogP contribution in [-0.2, 0) is 0 Å². The molecule has 0 unspecified atom stereocenters. The Balaban J connectivity index is 2.58. The SMILES string of the molecule is C=C(Cl)CNc1cccc(OCC)c1. The standard InChI is InChI=1S/C11H14ClNO/c1-3-14-11-6-4-5-10(7-11)13-8-9(2)12/h4-7,13H,2-3,8H2,1H3. The summed E-state index contributed by atoms with van der Waals surface area (Å²) in [5, 5.41) is 3.72. The van der Waals surface area contributed by atoms with Gasteiger partial charge in [0.15, 0.2) is 0 Å². The van der Waals surface area contributed by atoms with Gasteiger partial charge in [-0.3, -0.25) is 0 Å². The predicted molar refractivity (Wildman–Crippen MR) is 61.1 cm³/mol. The van der Waals surface area contributed by atoms with Gasteiger partial charge in [0.25, 0.3) is 0 Å². The molecule has 0 atom stereocenters. The molecule has 0 heterocycles. The van der Waals surface area contributed by atoms with Gasteiger partial charge in [-0.15, -0.1) is 0 Å². The molecule has 0 spiro atoms. The van der Waals surface area contributed by atoms with Crippen LogP contribution in [0.1, 0.15) is 6.92 Å². The fourth-order valence-electron chi connectivity index (χ4n) is 1.06. The van der Waals surface area contributed by atoms with Crippen molar-refractivity contribution < 1.29 is 4.74 Å². The molecule has 0 bridgehead atoms. The van der Waals surface area contributed by atoms with Crippen molar-refractivity contribution in [3.05, 3.63) is 35.9 Å². The Labute approximate surface area is 89.5 Å². The van der Waals surface area contributed by atoms with Crippen molar-refractivity contribution in [2.75, 3.05) is 18.5 Å². The summed E-state index contributed by atoms with van der Waals surface area (Å²) in [6.07, 6.45) is 0. The van der Waals surface area contributed by atoms with Gasteiger partial charge in [-0.1, -0.05) is 24.2 Å². The Morgan fingerprint density at radius 3 is 3.00 bits per heavy atom. The zero-order valence-electron chi connectivity index (χ0n) is 8.22. The van der Waals surface area contributed by atoms with Crippen LogP contribution in [0.4, 0.5) is 5.69 Å². The first-order valence-electron chi connectivity index (χ1n) is 4.52. The molecule has 1 N–H and O–H groups in total. The summed E-state index contributed by atoms with van der Waals surface area (Å²) in [6.45, 7) is 6.80. The van der Waals surface area contributed by atoms with Gasteiger partial charge in [-0.25, -0.2) is 0 Å². The van der Waals surface area contributed by atoms with Gasteiger partial charge in [-0.05, 0) is 19.1 Å². The van der Waals surface area contributed by atoms with Crippen LogP contribution in [0.2, 0.25) is 0 Å². The normalized spacial score (nSPS) is 9.57. The Bertz CT molecular complexity index is 312.